The Morgan fingerprint density at radius 1 is 1.44 bits per heavy atom. The predicted octanol–water partition coefficient (Wildman–Crippen LogP) is 1.24. The van der Waals surface area contributed by atoms with Gasteiger partial charge in [-0.25, -0.2) is 4.68 Å². The van der Waals surface area contributed by atoms with E-state index < -0.39 is 0 Å². The largest absolute Gasteiger partial charge is 0.343 e. The second-order valence-electron chi connectivity index (χ2n) is 4.25. The number of carbonyl (C=O) groups is 1. The van der Waals surface area contributed by atoms with E-state index in [1.165, 1.54) is 0 Å². The molecular weight excluding hydrogens is 204 g/mol. The van der Waals surface area contributed by atoms with Crippen LogP contribution in [0.2, 0.25) is 0 Å². The predicted molar refractivity (Wildman–Crippen MR) is 59.8 cm³/mol. The van der Waals surface area contributed by atoms with Crippen molar-refractivity contribution in [2.24, 2.45) is 0 Å². The molecule has 5 heteroatoms. The molecule has 0 N–H and O–H groups in total. The molecular formula is C11H18N4O. The van der Waals surface area contributed by atoms with Crippen LogP contribution in [-0.4, -0.2) is 38.9 Å². The minimum atomic E-state index is 0.291. The molecule has 88 valence electrons. The smallest absolute Gasteiger partial charge is 0.222 e. The lowest BCUT2D eigenvalue weighted by Gasteiger charge is -2.31. The number of likely N-dealkylation sites (tertiary alicyclic amines) is 1. The summed E-state index contributed by atoms with van der Waals surface area (Å²) in [6.07, 6.45) is 7.18. The highest BCUT2D eigenvalue weighted by atomic mass is 16.2. The molecule has 0 spiro atoms. The summed E-state index contributed by atoms with van der Waals surface area (Å²) in [5, 5.41) is 7.82. The van der Waals surface area contributed by atoms with E-state index >= 15 is 0 Å². The van der Waals surface area contributed by atoms with Crippen LogP contribution < -0.4 is 0 Å². The van der Waals surface area contributed by atoms with Gasteiger partial charge in [-0.2, -0.15) is 0 Å². The zero-order chi connectivity index (χ0) is 11.4. The van der Waals surface area contributed by atoms with Crippen LogP contribution in [0.5, 0.6) is 0 Å². The Morgan fingerprint density at radius 3 is 2.75 bits per heavy atom. The van der Waals surface area contributed by atoms with E-state index in [9.17, 15) is 4.79 Å². The Balaban J connectivity index is 1.85. The second-order valence-corrected chi connectivity index (χ2v) is 4.25. The molecule has 0 aromatic carbocycles. The molecule has 1 fully saturated rings. The number of hydrogen-bond acceptors (Lipinski definition) is 3. The van der Waals surface area contributed by atoms with E-state index in [1.54, 1.807) is 6.20 Å². The maximum absolute atomic E-state index is 11.7. The molecule has 1 aliphatic rings. The molecule has 0 atom stereocenters. The van der Waals surface area contributed by atoms with Crippen LogP contribution >= 0.6 is 0 Å². The van der Waals surface area contributed by atoms with E-state index in [1.807, 2.05) is 22.7 Å². The van der Waals surface area contributed by atoms with Gasteiger partial charge < -0.3 is 4.90 Å². The summed E-state index contributed by atoms with van der Waals surface area (Å²) in [5.41, 5.74) is 0. The lowest BCUT2D eigenvalue weighted by atomic mass is 10.0. The van der Waals surface area contributed by atoms with Crippen molar-refractivity contribution in [2.45, 2.75) is 38.6 Å². The molecule has 1 aliphatic heterocycles. The highest BCUT2D eigenvalue weighted by molar-refractivity contribution is 5.76. The number of amides is 1. The fraction of sp³-hybridized carbons (Fsp3) is 0.727. The highest BCUT2D eigenvalue weighted by Crippen LogP contribution is 2.21. The van der Waals surface area contributed by atoms with Gasteiger partial charge in [-0.05, 0) is 19.3 Å². The summed E-state index contributed by atoms with van der Waals surface area (Å²) in [5.74, 6) is 0.291. The maximum atomic E-state index is 11.7. The summed E-state index contributed by atoms with van der Waals surface area (Å²) in [6, 6.07) is 0.410. The first-order valence-corrected chi connectivity index (χ1v) is 5.95. The molecule has 1 amide bonds. The van der Waals surface area contributed by atoms with Crippen LogP contribution in [0, 0.1) is 0 Å². The van der Waals surface area contributed by atoms with Crippen LogP contribution in [0.1, 0.15) is 38.6 Å². The Hall–Kier alpha value is -1.39. The molecule has 1 saturated heterocycles. The summed E-state index contributed by atoms with van der Waals surface area (Å²) < 4.78 is 1.90. The van der Waals surface area contributed by atoms with Crippen molar-refractivity contribution in [1.29, 1.82) is 0 Å². The number of piperidine rings is 1. The minimum absolute atomic E-state index is 0.291. The first-order chi connectivity index (χ1) is 7.81. The van der Waals surface area contributed by atoms with Crippen molar-refractivity contribution < 1.29 is 4.79 Å². The average molecular weight is 222 g/mol. The summed E-state index contributed by atoms with van der Waals surface area (Å²) in [4.78, 5) is 13.7. The lowest BCUT2D eigenvalue weighted by Crippen LogP contribution is -2.39. The van der Waals surface area contributed by atoms with Crippen LogP contribution in [0.4, 0.5) is 0 Å². The quantitative estimate of drug-likeness (QED) is 0.773. The van der Waals surface area contributed by atoms with E-state index in [2.05, 4.69) is 10.3 Å². The lowest BCUT2D eigenvalue weighted by molar-refractivity contribution is -0.132. The van der Waals surface area contributed by atoms with Crippen LogP contribution in [0.15, 0.2) is 12.4 Å². The van der Waals surface area contributed by atoms with E-state index in [0.29, 0.717) is 18.4 Å². The number of carbonyl (C=O) groups excluding carboxylic acids is 1. The zero-order valence-electron chi connectivity index (χ0n) is 9.67. The van der Waals surface area contributed by atoms with Gasteiger partial charge in [0.1, 0.15) is 0 Å². The van der Waals surface area contributed by atoms with Gasteiger partial charge >= 0.3 is 0 Å². The molecule has 5 nitrogen and oxygen atoms in total. The van der Waals surface area contributed by atoms with Crippen molar-refractivity contribution in [3.05, 3.63) is 12.4 Å². The van der Waals surface area contributed by atoms with Gasteiger partial charge in [-0.3, -0.25) is 4.79 Å². The number of rotatable bonds is 3. The van der Waals surface area contributed by atoms with Crippen LogP contribution in [0.25, 0.3) is 0 Å². The van der Waals surface area contributed by atoms with Gasteiger partial charge in [0.05, 0.1) is 12.2 Å². The number of nitrogens with zero attached hydrogens (tertiary/aromatic N) is 4. The third kappa shape index (κ3) is 2.40. The Bertz CT molecular complexity index is 328. The minimum Gasteiger partial charge on any atom is -0.343 e. The molecule has 1 aromatic heterocycles. The standard InChI is InChI=1S/C11H18N4O/c1-2-3-11(16)14-7-4-10(5-8-14)15-9-6-12-13-15/h6,9-10H,2-5,7-8H2,1H3. The Kier molecular flexibility index (Phi) is 3.54. The van der Waals surface area contributed by atoms with Gasteiger partial charge in [0.15, 0.2) is 0 Å². The van der Waals surface area contributed by atoms with Gasteiger partial charge in [0.25, 0.3) is 0 Å². The monoisotopic (exact) mass is 222 g/mol. The van der Waals surface area contributed by atoms with Crippen molar-refractivity contribution in [3.8, 4) is 0 Å². The van der Waals surface area contributed by atoms with Crippen LogP contribution in [-0.2, 0) is 4.79 Å². The van der Waals surface area contributed by atoms with Crippen molar-refractivity contribution in [1.82, 2.24) is 19.9 Å². The van der Waals surface area contributed by atoms with Gasteiger partial charge in [-0.1, -0.05) is 12.1 Å². The van der Waals surface area contributed by atoms with Gasteiger partial charge in [0, 0.05) is 25.7 Å². The van der Waals surface area contributed by atoms with Crippen molar-refractivity contribution in [2.75, 3.05) is 13.1 Å². The number of aromatic nitrogens is 3. The normalized spacial score (nSPS) is 17.7. The maximum Gasteiger partial charge on any atom is 0.222 e. The van der Waals surface area contributed by atoms with Gasteiger partial charge in [0.2, 0.25) is 5.91 Å². The fourth-order valence-corrected chi connectivity index (χ4v) is 2.16. The third-order valence-corrected chi connectivity index (χ3v) is 3.10. The molecule has 0 unspecified atom stereocenters. The summed E-state index contributed by atoms with van der Waals surface area (Å²) >= 11 is 0. The fourth-order valence-electron chi connectivity index (χ4n) is 2.16. The van der Waals surface area contributed by atoms with E-state index in [0.717, 1.165) is 32.4 Å². The molecule has 16 heavy (non-hydrogen) atoms. The summed E-state index contributed by atoms with van der Waals surface area (Å²) in [7, 11) is 0. The molecule has 0 saturated carbocycles. The Morgan fingerprint density at radius 2 is 2.19 bits per heavy atom. The molecule has 0 radical (unpaired) electrons. The number of hydrogen-bond donors (Lipinski definition) is 0. The molecule has 0 aliphatic carbocycles. The van der Waals surface area contributed by atoms with Crippen LogP contribution in [0.3, 0.4) is 0 Å². The Labute approximate surface area is 95.4 Å². The first kappa shape index (κ1) is 11.1. The molecule has 0 bridgehead atoms. The third-order valence-electron chi connectivity index (χ3n) is 3.10. The topological polar surface area (TPSA) is 51.0 Å². The zero-order valence-corrected chi connectivity index (χ0v) is 9.67. The SMILES string of the molecule is CCCC(=O)N1CCC(n2ccnn2)CC1. The second kappa shape index (κ2) is 5.09. The van der Waals surface area contributed by atoms with E-state index in [4.69, 9.17) is 0 Å². The molecule has 2 rings (SSSR count). The highest BCUT2D eigenvalue weighted by Gasteiger charge is 2.23. The average Bonchev–Trinajstić information content (AvgIpc) is 2.83. The van der Waals surface area contributed by atoms with Crippen molar-refractivity contribution >= 4 is 5.91 Å². The van der Waals surface area contributed by atoms with Crippen molar-refractivity contribution in [3.63, 3.8) is 0 Å². The molecule has 1 aromatic rings. The van der Waals surface area contributed by atoms with E-state index in [-0.39, 0.29) is 0 Å². The first-order valence-electron chi connectivity index (χ1n) is 5.95. The molecule has 2 heterocycles. The van der Waals surface area contributed by atoms with Gasteiger partial charge in [-0.15, -0.1) is 5.10 Å². The summed E-state index contributed by atoms with van der Waals surface area (Å²) in [6.45, 7) is 3.74.